The van der Waals surface area contributed by atoms with Crippen LogP contribution in [0, 0.1) is 0 Å². The Morgan fingerprint density at radius 2 is 1.46 bits per heavy atom. The molecule has 0 aromatic heterocycles. The van der Waals surface area contributed by atoms with Gasteiger partial charge in [0.1, 0.15) is 0 Å². The zero-order valence-electron chi connectivity index (χ0n) is 14.3. The fourth-order valence-electron chi connectivity index (χ4n) is 3.02. The van der Waals surface area contributed by atoms with Crippen LogP contribution in [0.1, 0.15) is 46.4 Å². The average molecular weight is 391 g/mol. The summed E-state index contributed by atoms with van der Waals surface area (Å²) in [7, 11) is 0. The van der Waals surface area contributed by atoms with Gasteiger partial charge in [-0.05, 0) is 49.2 Å². The van der Waals surface area contributed by atoms with Crippen molar-refractivity contribution in [3.05, 3.63) is 63.6 Å². The van der Waals surface area contributed by atoms with Crippen molar-refractivity contribution in [2.45, 2.75) is 25.7 Å². The monoisotopic (exact) mass is 390 g/mol. The number of carbonyl (C=O) groups is 2. The van der Waals surface area contributed by atoms with Gasteiger partial charge in [0.05, 0.1) is 15.7 Å². The molecule has 2 aromatic rings. The number of likely N-dealkylation sites (tertiary alicyclic amines) is 1. The Bertz CT molecular complexity index is 798. The van der Waals surface area contributed by atoms with E-state index in [2.05, 4.69) is 5.32 Å². The second-order valence-electron chi connectivity index (χ2n) is 6.34. The van der Waals surface area contributed by atoms with Crippen molar-refractivity contribution in [2.75, 3.05) is 18.4 Å². The van der Waals surface area contributed by atoms with Gasteiger partial charge >= 0.3 is 0 Å². The van der Waals surface area contributed by atoms with Gasteiger partial charge in [0.2, 0.25) is 0 Å². The topological polar surface area (TPSA) is 49.4 Å². The molecule has 1 N–H and O–H groups in total. The van der Waals surface area contributed by atoms with Crippen LogP contribution in [-0.2, 0) is 0 Å². The molecule has 136 valence electrons. The normalized spacial score (nSPS) is 14.6. The van der Waals surface area contributed by atoms with Crippen molar-refractivity contribution in [2.24, 2.45) is 0 Å². The third-order valence-electron chi connectivity index (χ3n) is 4.49. The van der Waals surface area contributed by atoms with E-state index in [9.17, 15) is 9.59 Å². The van der Waals surface area contributed by atoms with Crippen LogP contribution in [-0.4, -0.2) is 29.8 Å². The highest BCUT2D eigenvalue weighted by Gasteiger charge is 2.18. The first kappa shape index (κ1) is 18.7. The number of rotatable bonds is 3. The second kappa shape index (κ2) is 8.56. The molecule has 0 bridgehead atoms. The Balaban J connectivity index is 1.69. The number of hydrogen-bond acceptors (Lipinski definition) is 2. The lowest BCUT2D eigenvalue weighted by atomic mass is 10.1. The van der Waals surface area contributed by atoms with Gasteiger partial charge in [-0.3, -0.25) is 9.59 Å². The molecule has 1 saturated heterocycles. The highest BCUT2D eigenvalue weighted by molar-refractivity contribution is 6.44. The van der Waals surface area contributed by atoms with E-state index in [4.69, 9.17) is 23.2 Å². The number of nitrogens with zero attached hydrogens (tertiary/aromatic N) is 1. The standard InChI is InChI=1S/C20H20Cl2N2O2/c21-16-6-5-7-17(18(16)22)23-19(25)14-8-10-15(11-9-14)20(26)24-12-3-1-2-4-13-24/h5-11H,1-4,12-13H2,(H,23,25). The maximum Gasteiger partial charge on any atom is 0.255 e. The maximum absolute atomic E-state index is 12.6. The van der Waals surface area contributed by atoms with Gasteiger partial charge in [0, 0.05) is 24.2 Å². The Kier molecular flexibility index (Phi) is 6.17. The summed E-state index contributed by atoms with van der Waals surface area (Å²) < 4.78 is 0. The minimum absolute atomic E-state index is 0.0248. The molecule has 1 aliphatic heterocycles. The van der Waals surface area contributed by atoms with E-state index >= 15 is 0 Å². The molecule has 0 radical (unpaired) electrons. The average Bonchev–Trinajstić information content (AvgIpc) is 2.94. The molecular weight excluding hydrogens is 371 g/mol. The van der Waals surface area contributed by atoms with Crippen LogP contribution < -0.4 is 5.32 Å². The van der Waals surface area contributed by atoms with E-state index < -0.39 is 0 Å². The smallest absolute Gasteiger partial charge is 0.255 e. The molecule has 6 heteroatoms. The summed E-state index contributed by atoms with van der Waals surface area (Å²) in [6.45, 7) is 1.60. The Morgan fingerprint density at radius 3 is 2.12 bits per heavy atom. The lowest BCUT2D eigenvalue weighted by Crippen LogP contribution is -2.31. The number of hydrogen-bond donors (Lipinski definition) is 1. The maximum atomic E-state index is 12.6. The van der Waals surface area contributed by atoms with E-state index in [1.54, 1.807) is 42.5 Å². The number of nitrogens with one attached hydrogen (secondary N) is 1. The van der Waals surface area contributed by atoms with Gasteiger partial charge in [-0.15, -0.1) is 0 Å². The molecule has 2 amide bonds. The van der Waals surface area contributed by atoms with Crippen LogP contribution in [0.3, 0.4) is 0 Å². The molecular formula is C20H20Cl2N2O2. The zero-order valence-corrected chi connectivity index (χ0v) is 15.8. The lowest BCUT2D eigenvalue weighted by Gasteiger charge is -2.20. The third-order valence-corrected chi connectivity index (χ3v) is 5.31. The highest BCUT2D eigenvalue weighted by Crippen LogP contribution is 2.29. The fraction of sp³-hybridized carbons (Fsp3) is 0.300. The van der Waals surface area contributed by atoms with Crippen molar-refractivity contribution in [3.63, 3.8) is 0 Å². The molecule has 0 aliphatic carbocycles. The van der Waals surface area contributed by atoms with Crippen LogP contribution in [0.2, 0.25) is 10.0 Å². The van der Waals surface area contributed by atoms with E-state index in [-0.39, 0.29) is 11.8 Å². The minimum Gasteiger partial charge on any atom is -0.339 e. The van der Waals surface area contributed by atoms with E-state index in [0.717, 1.165) is 25.9 Å². The van der Waals surface area contributed by atoms with Gasteiger partial charge in [-0.25, -0.2) is 0 Å². The molecule has 4 nitrogen and oxygen atoms in total. The first-order chi connectivity index (χ1) is 12.6. The van der Waals surface area contributed by atoms with Crippen molar-refractivity contribution in [3.8, 4) is 0 Å². The van der Waals surface area contributed by atoms with Crippen LogP contribution in [0.25, 0.3) is 0 Å². The molecule has 26 heavy (non-hydrogen) atoms. The fourth-order valence-corrected chi connectivity index (χ4v) is 3.36. The van der Waals surface area contributed by atoms with Crippen LogP contribution in [0.4, 0.5) is 5.69 Å². The summed E-state index contributed by atoms with van der Waals surface area (Å²) in [5.74, 6) is -0.278. The van der Waals surface area contributed by atoms with Gasteiger partial charge in [-0.2, -0.15) is 0 Å². The molecule has 0 unspecified atom stereocenters. The number of amides is 2. The highest BCUT2D eigenvalue weighted by atomic mass is 35.5. The molecule has 3 rings (SSSR count). The van der Waals surface area contributed by atoms with Crippen LogP contribution in [0.5, 0.6) is 0 Å². The lowest BCUT2D eigenvalue weighted by molar-refractivity contribution is 0.0761. The van der Waals surface area contributed by atoms with E-state index in [1.165, 1.54) is 12.8 Å². The van der Waals surface area contributed by atoms with Gasteiger partial charge in [0.15, 0.2) is 0 Å². The zero-order chi connectivity index (χ0) is 18.5. The third kappa shape index (κ3) is 4.37. The summed E-state index contributed by atoms with van der Waals surface area (Å²) in [6, 6.07) is 11.8. The molecule has 1 aliphatic rings. The second-order valence-corrected chi connectivity index (χ2v) is 7.12. The number of halogens is 2. The Labute approximate surface area is 163 Å². The summed E-state index contributed by atoms with van der Waals surface area (Å²) in [5, 5.41) is 3.42. The predicted molar refractivity (Wildman–Crippen MR) is 105 cm³/mol. The largest absolute Gasteiger partial charge is 0.339 e. The molecule has 0 spiro atoms. The quantitative estimate of drug-likeness (QED) is 0.776. The van der Waals surface area contributed by atoms with Gasteiger partial charge < -0.3 is 10.2 Å². The van der Waals surface area contributed by atoms with E-state index in [1.807, 2.05) is 4.90 Å². The van der Waals surface area contributed by atoms with Crippen molar-refractivity contribution in [1.82, 2.24) is 4.90 Å². The molecule has 1 heterocycles. The van der Waals surface area contributed by atoms with Crippen LogP contribution >= 0.6 is 23.2 Å². The Morgan fingerprint density at radius 1 is 0.846 bits per heavy atom. The van der Waals surface area contributed by atoms with Crippen molar-refractivity contribution < 1.29 is 9.59 Å². The first-order valence-corrected chi connectivity index (χ1v) is 9.46. The van der Waals surface area contributed by atoms with Gasteiger partial charge in [0.25, 0.3) is 11.8 Å². The molecule has 1 fully saturated rings. The summed E-state index contributed by atoms with van der Waals surface area (Å²) in [6.07, 6.45) is 4.45. The predicted octanol–water partition coefficient (Wildman–Crippen LogP) is 5.26. The van der Waals surface area contributed by atoms with Crippen molar-refractivity contribution in [1.29, 1.82) is 0 Å². The molecule has 0 atom stereocenters. The summed E-state index contributed by atoms with van der Waals surface area (Å²) >= 11 is 12.1. The van der Waals surface area contributed by atoms with Crippen molar-refractivity contribution >= 4 is 40.7 Å². The molecule has 0 saturated carbocycles. The number of benzene rings is 2. The summed E-state index contributed by atoms with van der Waals surface area (Å²) in [5.41, 5.74) is 1.51. The Hall–Kier alpha value is -2.04. The number of carbonyl (C=O) groups excluding carboxylic acids is 2. The minimum atomic E-state index is -0.303. The van der Waals surface area contributed by atoms with Crippen LogP contribution in [0.15, 0.2) is 42.5 Å². The number of anilines is 1. The van der Waals surface area contributed by atoms with E-state index in [0.29, 0.717) is 26.9 Å². The first-order valence-electron chi connectivity index (χ1n) is 8.71. The van der Waals surface area contributed by atoms with Gasteiger partial charge in [-0.1, -0.05) is 42.1 Å². The SMILES string of the molecule is O=C(Nc1cccc(Cl)c1Cl)c1ccc(C(=O)N2CCCCCC2)cc1. The molecule has 2 aromatic carbocycles. The summed E-state index contributed by atoms with van der Waals surface area (Å²) in [4.78, 5) is 26.9.